The average molecular weight is 359 g/mol. The van der Waals surface area contributed by atoms with Crippen LogP contribution in [0.5, 0.6) is 0 Å². The van der Waals surface area contributed by atoms with Gasteiger partial charge in [-0.25, -0.2) is 0 Å². The number of hydrogen-bond acceptors (Lipinski definition) is 2. The minimum atomic E-state index is -0.551. The molecule has 2 aromatic carbocycles. The number of nitrogens with zero attached hydrogens (tertiary/aromatic N) is 1. The van der Waals surface area contributed by atoms with Gasteiger partial charge in [0.2, 0.25) is 11.8 Å². The molecule has 5 heteroatoms. The molecule has 0 aliphatic rings. The highest BCUT2D eigenvalue weighted by Gasteiger charge is 2.25. The normalized spacial score (nSPS) is 11.7. The second-order valence-electron chi connectivity index (χ2n) is 6.04. The highest BCUT2D eigenvalue weighted by atomic mass is 35.5. The summed E-state index contributed by atoms with van der Waals surface area (Å²) in [5, 5.41) is 3.25. The molecule has 132 valence electrons. The third-order valence-corrected chi connectivity index (χ3v) is 4.54. The summed E-state index contributed by atoms with van der Waals surface area (Å²) >= 11 is 5.90. The first-order chi connectivity index (χ1) is 11.9. The zero-order valence-corrected chi connectivity index (χ0v) is 15.5. The van der Waals surface area contributed by atoms with E-state index in [0.29, 0.717) is 11.6 Å². The zero-order valence-electron chi connectivity index (χ0n) is 14.8. The fourth-order valence-electron chi connectivity index (χ4n) is 2.64. The van der Waals surface area contributed by atoms with Crippen LogP contribution in [-0.4, -0.2) is 29.8 Å². The fourth-order valence-corrected chi connectivity index (χ4v) is 2.77. The predicted octanol–water partition coefficient (Wildman–Crippen LogP) is 3.35. The molecule has 4 nitrogen and oxygen atoms in total. The summed E-state index contributed by atoms with van der Waals surface area (Å²) in [6.07, 6.45) is 0.227. The van der Waals surface area contributed by atoms with Gasteiger partial charge in [-0.15, -0.1) is 0 Å². The number of carbonyl (C=O) groups excluding carboxylic acids is 2. The van der Waals surface area contributed by atoms with Crippen molar-refractivity contribution in [1.82, 2.24) is 10.2 Å². The molecule has 2 amide bonds. The van der Waals surface area contributed by atoms with Gasteiger partial charge in [-0.2, -0.15) is 0 Å². The van der Waals surface area contributed by atoms with E-state index in [9.17, 15) is 9.59 Å². The number of nitrogens with one attached hydrogen (secondary N) is 1. The Kier molecular flexibility index (Phi) is 6.59. The summed E-state index contributed by atoms with van der Waals surface area (Å²) in [7, 11) is 1.58. The number of likely N-dealkylation sites (N-methyl/N-ethyl adjacent to an activating group) is 1. The van der Waals surface area contributed by atoms with Crippen molar-refractivity contribution >= 4 is 23.4 Å². The highest BCUT2D eigenvalue weighted by Crippen LogP contribution is 2.16. The van der Waals surface area contributed by atoms with Crippen LogP contribution in [0.25, 0.3) is 0 Å². The Morgan fingerprint density at radius 2 is 1.76 bits per heavy atom. The number of hydrogen-bond donors (Lipinski definition) is 1. The Morgan fingerprint density at radius 1 is 1.12 bits per heavy atom. The van der Waals surface area contributed by atoms with Crippen LogP contribution in [0.3, 0.4) is 0 Å². The van der Waals surface area contributed by atoms with Crippen molar-refractivity contribution in [3.05, 3.63) is 70.2 Å². The van der Waals surface area contributed by atoms with Gasteiger partial charge >= 0.3 is 0 Å². The third-order valence-electron chi connectivity index (χ3n) is 4.28. The van der Waals surface area contributed by atoms with Crippen molar-refractivity contribution in [3.8, 4) is 0 Å². The molecule has 0 radical (unpaired) electrons. The van der Waals surface area contributed by atoms with Crippen LogP contribution in [0.4, 0.5) is 0 Å². The summed E-state index contributed by atoms with van der Waals surface area (Å²) in [6.45, 7) is 4.15. The molecule has 1 atom stereocenters. The Labute approximate surface area is 153 Å². The third kappa shape index (κ3) is 5.07. The molecule has 0 spiro atoms. The van der Waals surface area contributed by atoms with Gasteiger partial charge in [0.05, 0.1) is 6.42 Å². The summed E-state index contributed by atoms with van der Waals surface area (Å²) in [4.78, 5) is 26.6. The van der Waals surface area contributed by atoms with E-state index >= 15 is 0 Å². The second kappa shape index (κ2) is 8.67. The number of benzene rings is 2. The topological polar surface area (TPSA) is 49.4 Å². The van der Waals surface area contributed by atoms with Gasteiger partial charge in [0.15, 0.2) is 0 Å². The van der Waals surface area contributed by atoms with Gasteiger partial charge in [-0.3, -0.25) is 9.59 Å². The van der Waals surface area contributed by atoms with Crippen molar-refractivity contribution in [3.63, 3.8) is 0 Å². The lowest BCUT2D eigenvalue weighted by Crippen LogP contribution is -2.47. The molecule has 0 aromatic heterocycles. The SMILES string of the molecule is CNC(=O)C(C)N(Cc1ccccc1C)C(=O)Cc1ccc(Cl)cc1. The number of aryl methyl sites for hydroxylation is 1. The van der Waals surface area contributed by atoms with Gasteiger partial charge in [0.25, 0.3) is 0 Å². The summed E-state index contributed by atoms with van der Waals surface area (Å²) in [5.74, 6) is -0.278. The second-order valence-corrected chi connectivity index (χ2v) is 6.48. The van der Waals surface area contributed by atoms with Crippen LogP contribution in [0, 0.1) is 6.92 Å². The van der Waals surface area contributed by atoms with Crippen molar-refractivity contribution in [2.45, 2.75) is 32.9 Å². The van der Waals surface area contributed by atoms with Crippen LogP contribution in [0.1, 0.15) is 23.6 Å². The number of amides is 2. The molecule has 0 fully saturated rings. The molecule has 25 heavy (non-hydrogen) atoms. The highest BCUT2D eigenvalue weighted by molar-refractivity contribution is 6.30. The lowest BCUT2D eigenvalue weighted by Gasteiger charge is -2.29. The quantitative estimate of drug-likeness (QED) is 0.860. The fraction of sp³-hybridized carbons (Fsp3) is 0.300. The molecule has 2 rings (SSSR count). The van der Waals surface area contributed by atoms with Crippen molar-refractivity contribution in [2.75, 3.05) is 7.05 Å². The number of halogens is 1. The minimum Gasteiger partial charge on any atom is -0.357 e. The molecule has 1 unspecified atom stereocenters. The Bertz CT molecular complexity index is 744. The number of rotatable bonds is 6. The maximum atomic E-state index is 12.9. The Morgan fingerprint density at radius 3 is 2.36 bits per heavy atom. The van der Waals surface area contributed by atoms with E-state index in [1.54, 1.807) is 31.0 Å². The molecular formula is C20H23ClN2O2. The van der Waals surface area contributed by atoms with E-state index in [4.69, 9.17) is 11.6 Å². The smallest absolute Gasteiger partial charge is 0.242 e. The minimum absolute atomic E-state index is 0.0957. The van der Waals surface area contributed by atoms with E-state index in [-0.39, 0.29) is 18.2 Å². The maximum absolute atomic E-state index is 12.9. The average Bonchev–Trinajstić information content (AvgIpc) is 2.61. The lowest BCUT2D eigenvalue weighted by molar-refractivity contribution is -0.139. The number of carbonyl (C=O) groups is 2. The molecule has 2 aromatic rings. The molecule has 0 heterocycles. The summed E-state index contributed by atoms with van der Waals surface area (Å²) in [5.41, 5.74) is 2.99. The Balaban J connectivity index is 2.23. The first kappa shape index (κ1) is 19.0. The Hall–Kier alpha value is -2.33. The molecule has 0 aliphatic heterocycles. The van der Waals surface area contributed by atoms with Crippen LogP contribution < -0.4 is 5.32 Å². The van der Waals surface area contributed by atoms with Gasteiger partial charge in [0, 0.05) is 18.6 Å². The molecule has 0 saturated heterocycles. The first-order valence-electron chi connectivity index (χ1n) is 8.22. The van der Waals surface area contributed by atoms with E-state index in [1.165, 1.54) is 0 Å². The predicted molar refractivity (Wildman–Crippen MR) is 100 cm³/mol. The van der Waals surface area contributed by atoms with Crippen LogP contribution in [0.15, 0.2) is 48.5 Å². The first-order valence-corrected chi connectivity index (χ1v) is 8.60. The molecular weight excluding hydrogens is 336 g/mol. The lowest BCUT2D eigenvalue weighted by atomic mass is 10.1. The van der Waals surface area contributed by atoms with E-state index in [1.807, 2.05) is 43.3 Å². The summed E-state index contributed by atoms with van der Waals surface area (Å²) < 4.78 is 0. The van der Waals surface area contributed by atoms with Crippen LogP contribution in [-0.2, 0) is 22.6 Å². The molecule has 0 aliphatic carbocycles. The van der Waals surface area contributed by atoms with Crippen LogP contribution >= 0.6 is 11.6 Å². The molecule has 0 bridgehead atoms. The maximum Gasteiger partial charge on any atom is 0.242 e. The largest absolute Gasteiger partial charge is 0.357 e. The van der Waals surface area contributed by atoms with Gasteiger partial charge in [-0.1, -0.05) is 48.0 Å². The van der Waals surface area contributed by atoms with Gasteiger partial charge < -0.3 is 10.2 Å². The zero-order chi connectivity index (χ0) is 18.4. The van der Waals surface area contributed by atoms with Gasteiger partial charge in [0.1, 0.15) is 6.04 Å². The van der Waals surface area contributed by atoms with E-state index in [2.05, 4.69) is 5.32 Å². The monoisotopic (exact) mass is 358 g/mol. The standard InChI is InChI=1S/C20H23ClN2O2/c1-14-6-4-5-7-17(14)13-23(15(2)20(25)22-3)19(24)12-16-8-10-18(21)11-9-16/h4-11,15H,12-13H2,1-3H3,(H,22,25). The van der Waals surface area contributed by atoms with Crippen molar-refractivity contribution in [1.29, 1.82) is 0 Å². The van der Waals surface area contributed by atoms with Gasteiger partial charge in [-0.05, 0) is 42.7 Å². The molecule has 1 N–H and O–H groups in total. The van der Waals surface area contributed by atoms with Crippen LogP contribution in [0.2, 0.25) is 5.02 Å². The van der Waals surface area contributed by atoms with Crippen molar-refractivity contribution < 1.29 is 9.59 Å². The van der Waals surface area contributed by atoms with Crippen molar-refractivity contribution in [2.24, 2.45) is 0 Å². The summed E-state index contributed by atoms with van der Waals surface area (Å²) in [6, 6.07) is 14.5. The van der Waals surface area contributed by atoms with E-state index < -0.39 is 6.04 Å². The molecule has 0 saturated carbocycles. The van der Waals surface area contributed by atoms with E-state index in [0.717, 1.165) is 16.7 Å².